The van der Waals surface area contributed by atoms with E-state index in [4.69, 9.17) is 9.15 Å². The zero-order valence-electron chi connectivity index (χ0n) is 10.6. The first-order valence-electron chi connectivity index (χ1n) is 6.33. The van der Waals surface area contributed by atoms with E-state index in [1.165, 1.54) is 0 Å². The van der Waals surface area contributed by atoms with Gasteiger partial charge in [0.15, 0.2) is 5.43 Å². The fourth-order valence-corrected chi connectivity index (χ4v) is 2.20. The molecule has 1 aliphatic carbocycles. The van der Waals surface area contributed by atoms with Gasteiger partial charge in [0.05, 0.1) is 17.9 Å². The highest BCUT2D eigenvalue weighted by Gasteiger charge is 2.13. The third kappa shape index (κ3) is 2.19. The first kappa shape index (κ1) is 11.8. The van der Waals surface area contributed by atoms with Gasteiger partial charge in [-0.15, -0.1) is 0 Å². The number of rotatable bonds is 3. The van der Waals surface area contributed by atoms with Gasteiger partial charge in [0.1, 0.15) is 17.1 Å². The molecule has 0 radical (unpaired) electrons. The van der Waals surface area contributed by atoms with Crippen LogP contribution in [0.1, 0.15) is 18.6 Å². The summed E-state index contributed by atoms with van der Waals surface area (Å²) in [5.41, 5.74) is 0.551. The molecule has 1 aromatic carbocycles. The molecule has 0 saturated heterocycles. The van der Waals surface area contributed by atoms with E-state index in [2.05, 4.69) is 0 Å². The van der Waals surface area contributed by atoms with Crippen molar-refractivity contribution in [3.8, 4) is 5.75 Å². The van der Waals surface area contributed by atoms with Crippen LogP contribution in [-0.4, -0.2) is 6.61 Å². The van der Waals surface area contributed by atoms with Crippen molar-refractivity contribution in [3.05, 3.63) is 64.6 Å². The monoisotopic (exact) mass is 254 g/mol. The predicted octanol–water partition coefficient (Wildman–Crippen LogP) is 3.40. The van der Waals surface area contributed by atoms with Crippen LogP contribution in [0.5, 0.6) is 5.75 Å². The van der Waals surface area contributed by atoms with Crippen molar-refractivity contribution in [2.75, 3.05) is 6.61 Å². The molecule has 96 valence electrons. The Balaban J connectivity index is 2.14. The average molecular weight is 254 g/mol. The molecule has 0 atom stereocenters. The Morgan fingerprint density at radius 3 is 2.74 bits per heavy atom. The van der Waals surface area contributed by atoms with Crippen molar-refractivity contribution < 1.29 is 9.15 Å². The lowest BCUT2D eigenvalue weighted by molar-refractivity contribution is 0.340. The number of hydrogen-bond donors (Lipinski definition) is 0. The van der Waals surface area contributed by atoms with Gasteiger partial charge >= 0.3 is 0 Å². The zero-order chi connectivity index (χ0) is 13.2. The molecule has 0 unspecified atom stereocenters. The van der Waals surface area contributed by atoms with E-state index in [0.717, 1.165) is 0 Å². The van der Waals surface area contributed by atoms with Gasteiger partial charge in [-0.2, -0.15) is 0 Å². The Hall–Kier alpha value is -2.29. The minimum Gasteiger partial charge on any atom is -0.494 e. The van der Waals surface area contributed by atoms with Crippen LogP contribution in [-0.2, 0) is 0 Å². The van der Waals surface area contributed by atoms with E-state index in [1.54, 1.807) is 24.3 Å². The summed E-state index contributed by atoms with van der Waals surface area (Å²) in [5, 5.41) is 0.582. The smallest absolute Gasteiger partial charge is 0.192 e. The van der Waals surface area contributed by atoms with Gasteiger partial charge in [-0.25, -0.2) is 0 Å². The normalized spacial score (nSPS) is 14.4. The maximum atomic E-state index is 12.1. The van der Waals surface area contributed by atoms with Crippen molar-refractivity contribution in [3.63, 3.8) is 0 Å². The molecular weight excluding hydrogens is 240 g/mol. The number of fused-ring (bicyclic) bond motifs is 1. The van der Waals surface area contributed by atoms with Crippen LogP contribution in [0, 0.1) is 0 Å². The second kappa shape index (κ2) is 4.76. The highest BCUT2D eigenvalue weighted by Crippen LogP contribution is 2.26. The van der Waals surface area contributed by atoms with Crippen molar-refractivity contribution >= 4 is 11.0 Å². The Kier molecular flexibility index (Phi) is 2.95. The Labute approximate surface area is 110 Å². The second-order valence-corrected chi connectivity index (χ2v) is 4.40. The first-order valence-corrected chi connectivity index (χ1v) is 6.33. The fourth-order valence-electron chi connectivity index (χ4n) is 2.20. The average Bonchev–Trinajstić information content (AvgIpc) is 2.92. The molecule has 2 aromatic rings. The molecule has 0 saturated carbocycles. The van der Waals surface area contributed by atoms with Crippen LogP contribution in [0.4, 0.5) is 0 Å². The lowest BCUT2D eigenvalue weighted by Crippen LogP contribution is -2.04. The number of benzene rings is 1. The zero-order valence-corrected chi connectivity index (χ0v) is 10.6. The molecule has 3 nitrogen and oxygen atoms in total. The van der Waals surface area contributed by atoms with E-state index < -0.39 is 0 Å². The summed E-state index contributed by atoms with van der Waals surface area (Å²) in [7, 11) is 0. The van der Waals surface area contributed by atoms with E-state index in [0.29, 0.717) is 29.1 Å². The minimum atomic E-state index is -0.0204. The lowest BCUT2D eigenvalue weighted by atomic mass is 10.1. The van der Waals surface area contributed by atoms with Crippen LogP contribution in [0.15, 0.2) is 57.8 Å². The Bertz CT molecular complexity index is 710. The lowest BCUT2D eigenvalue weighted by Gasteiger charge is -2.08. The van der Waals surface area contributed by atoms with E-state index in [-0.39, 0.29) is 11.3 Å². The molecular formula is C16H14O3. The maximum Gasteiger partial charge on any atom is 0.192 e. The highest BCUT2D eigenvalue weighted by molar-refractivity contribution is 5.78. The number of allylic oxidation sites excluding steroid dienone is 4. The molecule has 3 heteroatoms. The Morgan fingerprint density at radius 1 is 1.21 bits per heavy atom. The molecule has 1 heterocycles. The summed E-state index contributed by atoms with van der Waals surface area (Å²) in [6.07, 6.45) is 7.89. The standard InChI is InChI=1S/C16H14O3/c1-2-18-12-7-8-13-14(17)10-15(19-16(13)9-12)11-5-3-4-6-11/h3-11H,2H2,1H3. The van der Waals surface area contributed by atoms with Gasteiger partial charge in [-0.05, 0) is 19.1 Å². The molecule has 1 aliphatic rings. The molecule has 0 aliphatic heterocycles. The number of ether oxygens (including phenoxy) is 1. The summed E-state index contributed by atoms with van der Waals surface area (Å²) in [6.45, 7) is 2.51. The van der Waals surface area contributed by atoms with Crippen LogP contribution in [0.3, 0.4) is 0 Å². The van der Waals surface area contributed by atoms with Crippen molar-refractivity contribution in [1.29, 1.82) is 0 Å². The van der Waals surface area contributed by atoms with Crippen LogP contribution in [0.2, 0.25) is 0 Å². The van der Waals surface area contributed by atoms with Crippen molar-refractivity contribution in [2.45, 2.75) is 12.8 Å². The third-order valence-corrected chi connectivity index (χ3v) is 3.11. The molecule has 19 heavy (non-hydrogen) atoms. The molecule has 0 spiro atoms. The predicted molar refractivity (Wildman–Crippen MR) is 74.7 cm³/mol. The van der Waals surface area contributed by atoms with Gasteiger partial charge in [-0.1, -0.05) is 24.3 Å². The van der Waals surface area contributed by atoms with Crippen LogP contribution >= 0.6 is 0 Å². The highest BCUT2D eigenvalue weighted by atomic mass is 16.5. The largest absolute Gasteiger partial charge is 0.494 e. The summed E-state index contributed by atoms with van der Waals surface area (Å²) < 4.78 is 11.3. The third-order valence-electron chi connectivity index (χ3n) is 3.11. The van der Waals surface area contributed by atoms with Crippen LogP contribution < -0.4 is 10.2 Å². The summed E-state index contributed by atoms with van der Waals surface area (Å²) >= 11 is 0. The summed E-state index contributed by atoms with van der Waals surface area (Å²) in [5.74, 6) is 1.43. The molecule has 0 N–H and O–H groups in total. The van der Waals surface area contributed by atoms with E-state index >= 15 is 0 Å². The second-order valence-electron chi connectivity index (χ2n) is 4.40. The van der Waals surface area contributed by atoms with Gasteiger partial charge < -0.3 is 9.15 Å². The Morgan fingerprint density at radius 2 is 2.00 bits per heavy atom. The molecule has 0 amide bonds. The maximum absolute atomic E-state index is 12.1. The van der Waals surface area contributed by atoms with Gasteiger partial charge in [0.25, 0.3) is 0 Å². The summed E-state index contributed by atoms with van der Waals surface area (Å²) in [4.78, 5) is 12.1. The quantitative estimate of drug-likeness (QED) is 0.842. The molecule has 3 rings (SSSR count). The van der Waals surface area contributed by atoms with E-state index in [1.807, 2.05) is 31.2 Å². The SMILES string of the molecule is CCOc1ccc2c(=O)cc(C3C=CC=C3)oc2c1. The van der Waals surface area contributed by atoms with Crippen LogP contribution in [0.25, 0.3) is 11.0 Å². The summed E-state index contributed by atoms with van der Waals surface area (Å²) in [6, 6.07) is 6.87. The molecule has 0 fully saturated rings. The van der Waals surface area contributed by atoms with Crippen molar-refractivity contribution in [1.82, 2.24) is 0 Å². The van der Waals surface area contributed by atoms with Gasteiger partial charge in [-0.3, -0.25) is 4.79 Å². The van der Waals surface area contributed by atoms with Crippen molar-refractivity contribution in [2.24, 2.45) is 0 Å². The topological polar surface area (TPSA) is 39.4 Å². The minimum absolute atomic E-state index is 0.0204. The molecule has 0 bridgehead atoms. The molecule has 1 aromatic heterocycles. The number of hydrogen-bond acceptors (Lipinski definition) is 3. The fraction of sp³-hybridized carbons (Fsp3) is 0.188. The van der Waals surface area contributed by atoms with Gasteiger partial charge in [0.2, 0.25) is 0 Å². The first-order chi connectivity index (χ1) is 9.28. The van der Waals surface area contributed by atoms with Gasteiger partial charge in [0, 0.05) is 12.1 Å². The van der Waals surface area contributed by atoms with E-state index in [9.17, 15) is 4.79 Å².